The Morgan fingerprint density at radius 3 is 2.30 bits per heavy atom. The first-order valence-electron chi connectivity index (χ1n) is 5.66. The summed E-state index contributed by atoms with van der Waals surface area (Å²) >= 11 is 3.33. The summed E-state index contributed by atoms with van der Waals surface area (Å²) in [6.45, 7) is 1.84. The highest BCUT2D eigenvalue weighted by molar-refractivity contribution is 9.10. The van der Waals surface area contributed by atoms with Gasteiger partial charge in [-0.25, -0.2) is 8.78 Å². The van der Waals surface area contributed by atoms with Crippen molar-refractivity contribution in [1.29, 1.82) is 5.41 Å². The molecule has 0 aliphatic rings. The zero-order valence-corrected chi connectivity index (χ0v) is 12.1. The number of nitrogens with two attached hydrogens (primary N) is 1. The molecule has 0 unspecified atom stereocenters. The van der Waals surface area contributed by atoms with Gasteiger partial charge in [-0.3, -0.25) is 5.41 Å². The van der Waals surface area contributed by atoms with E-state index in [2.05, 4.69) is 15.9 Å². The van der Waals surface area contributed by atoms with E-state index < -0.39 is 23.2 Å². The van der Waals surface area contributed by atoms with Gasteiger partial charge in [-0.05, 0) is 42.8 Å². The van der Waals surface area contributed by atoms with E-state index in [1.807, 2.05) is 6.92 Å². The average Bonchev–Trinajstić information content (AvgIpc) is 2.37. The molecule has 6 heteroatoms. The van der Waals surface area contributed by atoms with Crippen LogP contribution in [0.1, 0.15) is 11.1 Å². The molecule has 3 nitrogen and oxygen atoms in total. The molecule has 0 fully saturated rings. The number of benzene rings is 2. The topological polar surface area (TPSA) is 59.1 Å². The van der Waals surface area contributed by atoms with Crippen LogP contribution in [-0.2, 0) is 0 Å². The van der Waals surface area contributed by atoms with E-state index in [-0.39, 0.29) is 5.56 Å². The van der Waals surface area contributed by atoms with E-state index in [1.165, 1.54) is 0 Å². The molecule has 20 heavy (non-hydrogen) atoms. The van der Waals surface area contributed by atoms with Crippen molar-refractivity contribution in [1.82, 2.24) is 0 Å². The number of aryl methyl sites for hydroxylation is 1. The van der Waals surface area contributed by atoms with Gasteiger partial charge in [-0.1, -0.05) is 15.9 Å². The standard InChI is InChI=1S/C14H11BrF2N2O/c1-7-4-9(2-3-10(7)15)20-13-11(16)5-8(14(18)19)6-12(13)17/h2-6H,1H3,(H3,18,19). The lowest BCUT2D eigenvalue weighted by atomic mass is 10.2. The molecule has 0 aromatic heterocycles. The fourth-order valence-corrected chi connectivity index (χ4v) is 1.86. The van der Waals surface area contributed by atoms with Crippen LogP contribution in [-0.4, -0.2) is 5.84 Å². The minimum Gasteiger partial charge on any atom is -0.451 e. The summed E-state index contributed by atoms with van der Waals surface area (Å²) < 4.78 is 33.7. The van der Waals surface area contributed by atoms with Crippen molar-refractivity contribution in [2.75, 3.05) is 0 Å². The molecule has 0 saturated carbocycles. The summed E-state index contributed by atoms with van der Waals surface area (Å²) in [6, 6.07) is 6.90. The zero-order valence-electron chi connectivity index (χ0n) is 10.5. The van der Waals surface area contributed by atoms with E-state index >= 15 is 0 Å². The van der Waals surface area contributed by atoms with E-state index in [1.54, 1.807) is 18.2 Å². The molecule has 0 bridgehead atoms. The molecule has 104 valence electrons. The van der Waals surface area contributed by atoms with Gasteiger partial charge >= 0.3 is 0 Å². The van der Waals surface area contributed by atoms with E-state index in [9.17, 15) is 8.78 Å². The normalized spacial score (nSPS) is 10.4. The second kappa shape index (κ2) is 5.58. The van der Waals surface area contributed by atoms with Gasteiger partial charge in [0.25, 0.3) is 0 Å². The maximum Gasteiger partial charge on any atom is 0.198 e. The predicted molar refractivity (Wildman–Crippen MR) is 76.3 cm³/mol. The molecular formula is C14H11BrF2N2O. The molecule has 3 N–H and O–H groups in total. The zero-order chi connectivity index (χ0) is 14.9. The van der Waals surface area contributed by atoms with Crippen LogP contribution in [0.15, 0.2) is 34.8 Å². The number of rotatable bonds is 3. The summed E-state index contributed by atoms with van der Waals surface area (Å²) in [4.78, 5) is 0. The second-order valence-electron chi connectivity index (χ2n) is 4.20. The van der Waals surface area contributed by atoms with Crippen LogP contribution >= 0.6 is 15.9 Å². The molecule has 0 spiro atoms. The van der Waals surface area contributed by atoms with Crippen molar-refractivity contribution in [3.05, 3.63) is 57.6 Å². The van der Waals surface area contributed by atoms with Crippen LogP contribution in [0.25, 0.3) is 0 Å². The Bertz CT molecular complexity index is 666. The fraction of sp³-hybridized carbons (Fsp3) is 0.0714. The number of amidine groups is 1. The Balaban J connectivity index is 2.38. The molecule has 0 radical (unpaired) electrons. The van der Waals surface area contributed by atoms with Gasteiger partial charge in [-0.15, -0.1) is 0 Å². The molecule has 0 aliphatic carbocycles. The third-order valence-electron chi connectivity index (χ3n) is 2.66. The fourth-order valence-electron chi connectivity index (χ4n) is 1.61. The molecule has 2 aromatic carbocycles. The summed E-state index contributed by atoms with van der Waals surface area (Å²) in [6.07, 6.45) is 0. The Morgan fingerprint density at radius 1 is 1.20 bits per heavy atom. The third-order valence-corrected chi connectivity index (χ3v) is 3.55. The minimum atomic E-state index is -0.907. The Labute approximate surface area is 123 Å². The summed E-state index contributed by atoms with van der Waals surface area (Å²) in [5.41, 5.74) is 6.04. The van der Waals surface area contributed by atoms with Crippen LogP contribution in [0.3, 0.4) is 0 Å². The van der Waals surface area contributed by atoms with Gasteiger partial charge in [0, 0.05) is 10.0 Å². The third kappa shape index (κ3) is 2.96. The molecule has 0 saturated heterocycles. The lowest BCUT2D eigenvalue weighted by Crippen LogP contribution is -2.12. The average molecular weight is 341 g/mol. The molecule has 2 aromatic rings. The van der Waals surface area contributed by atoms with Gasteiger partial charge in [-0.2, -0.15) is 0 Å². The summed E-state index contributed by atoms with van der Waals surface area (Å²) in [7, 11) is 0. The van der Waals surface area contributed by atoms with Crippen LogP contribution in [0, 0.1) is 24.0 Å². The summed E-state index contributed by atoms with van der Waals surface area (Å²) in [5, 5.41) is 7.17. The molecule has 0 atom stereocenters. The minimum absolute atomic E-state index is 0.0284. The van der Waals surface area contributed by atoms with Gasteiger partial charge in [0.1, 0.15) is 11.6 Å². The predicted octanol–water partition coefficient (Wildman–Crippen LogP) is 4.11. The highest BCUT2D eigenvalue weighted by Crippen LogP contribution is 2.30. The van der Waals surface area contributed by atoms with Gasteiger partial charge in [0.05, 0.1) is 0 Å². The van der Waals surface area contributed by atoms with Crippen molar-refractivity contribution in [3.8, 4) is 11.5 Å². The number of ether oxygens (including phenoxy) is 1. The Hall–Kier alpha value is -1.95. The van der Waals surface area contributed by atoms with Crippen molar-refractivity contribution in [3.63, 3.8) is 0 Å². The van der Waals surface area contributed by atoms with Crippen molar-refractivity contribution in [2.45, 2.75) is 6.92 Å². The maximum absolute atomic E-state index is 13.8. The molecular weight excluding hydrogens is 330 g/mol. The van der Waals surface area contributed by atoms with Crippen molar-refractivity contribution >= 4 is 21.8 Å². The van der Waals surface area contributed by atoms with Gasteiger partial charge in [0.2, 0.25) is 0 Å². The number of nitrogens with one attached hydrogen (secondary N) is 1. The van der Waals surface area contributed by atoms with Crippen molar-refractivity contribution in [2.24, 2.45) is 5.73 Å². The lowest BCUT2D eigenvalue weighted by Gasteiger charge is -2.10. The van der Waals surface area contributed by atoms with Crippen LogP contribution in [0.4, 0.5) is 8.78 Å². The Morgan fingerprint density at radius 2 is 1.80 bits per heavy atom. The first kappa shape index (κ1) is 14.5. The smallest absolute Gasteiger partial charge is 0.198 e. The molecule has 0 aliphatic heterocycles. The molecule has 0 heterocycles. The van der Waals surface area contributed by atoms with E-state index in [0.717, 1.165) is 22.2 Å². The van der Waals surface area contributed by atoms with Crippen molar-refractivity contribution < 1.29 is 13.5 Å². The number of nitrogen functional groups attached to an aromatic ring is 1. The van der Waals surface area contributed by atoms with Gasteiger partial charge in [0.15, 0.2) is 17.4 Å². The molecule has 0 amide bonds. The first-order valence-corrected chi connectivity index (χ1v) is 6.45. The lowest BCUT2D eigenvalue weighted by molar-refractivity contribution is 0.407. The largest absolute Gasteiger partial charge is 0.451 e. The SMILES string of the molecule is Cc1cc(Oc2c(F)cc(C(=N)N)cc2F)ccc1Br. The first-order chi connectivity index (χ1) is 9.38. The number of halogens is 3. The highest BCUT2D eigenvalue weighted by Gasteiger charge is 2.15. The number of hydrogen-bond donors (Lipinski definition) is 2. The Kier molecular flexibility index (Phi) is 4.04. The highest BCUT2D eigenvalue weighted by atomic mass is 79.9. The van der Waals surface area contributed by atoms with E-state index in [4.69, 9.17) is 15.9 Å². The number of hydrogen-bond acceptors (Lipinski definition) is 2. The maximum atomic E-state index is 13.8. The molecule has 2 rings (SSSR count). The van der Waals surface area contributed by atoms with E-state index in [0.29, 0.717) is 5.75 Å². The van der Waals surface area contributed by atoms with Crippen LogP contribution in [0.5, 0.6) is 11.5 Å². The van der Waals surface area contributed by atoms with Crippen LogP contribution in [0.2, 0.25) is 0 Å². The quantitative estimate of drug-likeness (QED) is 0.652. The van der Waals surface area contributed by atoms with Gasteiger partial charge < -0.3 is 10.5 Å². The summed E-state index contributed by atoms with van der Waals surface area (Å²) in [5.74, 6) is -2.42. The van der Waals surface area contributed by atoms with Crippen LogP contribution < -0.4 is 10.5 Å². The second-order valence-corrected chi connectivity index (χ2v) is 5.05. The monoisotopic (exact) mass is 340 g/mol.